The fourth-order valence-corrected chi connectivity index (χ4v) is 5.21. The van der Waals surface area contributed by atoms with Gasteiger partial charge in [-0.15, -0.1) is 0 Å². The molecule has 1 aromatic heterocycles. The number of aromatic amines is 1. The van der Waals surface area contributed by atoms with Crippen molar-refractivity contribution in [1.82, 2.24) is 15.6 Å². The highest BCUT2D eigenvalue weighted by Gasteiger charge is 2.32. The third-order valence-corrected chi connectivity index (χ3v) is 7.45. The van der Waals surface area contributed by atoms with Crippen LogP contribution in [0, 0.1) is 6.92 Å². The summed E-state index contributed by atoms with van der Waals surface area (Å²) in [6, 6.07) is 12.8. The molecule has 2 amide bonds. The van der Waals surface area contributed by atoms with Gasteiger partial charge in [-0.05, 0) is 67.5 Å². The zero-order valence-corrected chi connectivity index (χ0v) is 23.2. The largest absolute Gasteiger partial charge is 0.494 e. The molecule has 3 aromatic rings. The van der Waals surface area contributed by atoms with E-state index >= 15 is 0 Å². The highest BCUT2D eigenvalue weighted by molar-refractivity contribution is 6.07. The number of ketones is 1. The molecule has 0 saturated heterocycles. The molecule has 2 atom stereocenters. The van der Waals surface area contributed by atoms with Crippen molar-refractivity contribution in [2.24, 2.45) is 0 Å². The van der Waals surface area contributed by atoms with Gasteiger partial charge in [0, 0.05) is 11.6 Å². The first kappa shape index (κ1) is 28.5. The topological polar surface area (TPSA) is 150 Å². The van der Waals surface area contributed by atoms with Crippen LogP contribution in [0.1, 0.15) is 65.2 Å². The normalized spacial score (nSPS) is 15.6. The second-order valence-corrected chi connectivity index (χ2v) is 10.3. The molecule has 0 radical (unpaired) electrons. The summed E-state index contributed by atoms with van der Waals surface area (Å²) < 4.78 is 10.7. The lowest BCUT2D eigenvalue weighted by molar-refractivity contribution is -0.122. The fraction of sp³-hybridized carbons (Fsp3) is 0.281. The Morgan fingerprint density at radius 3 is 2.50 bits per heavy atom. The van der Waals surface area contributed by atoms with Gasteiger partial charge in [0.25, 0.3) is 0 Å². The highest BCUT2D eigenvalue weighted by atomic mass is 16.7. The SMILES string of the molecule is Cc1c(O)[nH]c(O)c1C(=O)C(NC(=O)C[C@H](NC(=O)C=Cc1ccc2c(c1)OCO2)c1ccccc1)C1=CCCCC1. The molecule has 42 heavy (non-hydrogen) atoms. The van der Waals surface area contributed by atoms with Crippen molar-refractivity contribution < 1.29 is 34.1 Å². The van der Waals surface area contributed by atoms with Gasteiger partial charge in [-0.25, -0.2) is 0 Å². The number of nitrogens with one attached hydrogen (secondary N) is 3. The van der Waals surface area contributed by atoms with Crippen molar-refractivity contribution >= 4 is 23.7 Å². The number of H-pyrrole nitrogens is 1. The number of Topliss-reactive ketones (excluding diaryl/α,β-unsaturated/α-hetero) is 1. The first-order valence-electron chi connectivity index (χ1n) is 13.9. The van der Waals surface area contributed by atoms with E-state index in [-0.39, 0.29) is 30.2 Å². The molecule has 2 aromatic carbocycles. The molecule has 0 fully saturated rings. The van der Waals surface area contributed by atoms with Gasteiger partial charge in [-0.3, -0.25) is 19.4 Å². The number of carbonyl (C=O) groups is 3. The van der Waals surface area contributed by atoms with Crippen molar-refractivity contribution in [2.75, 3.05) is 6.79 Å². The van der Waals surface area contributed by atoms with Crippen molar-refractivity contribution in [3.05, 3.63) is 88.5 Å². The fourth-order valence-electron chi connectivity index (χ4n) is 5.21. The Bertz CT molecular complexity index is 1540. The molecule has 1 aliphatic heterocycles. The predicted octanol–water partition coefficient (Wildman–Crippen LogP) is 4.59. The van der Waals surface area contributed by atoms with E-state index < -0.39 is 35.6 Å². The van der Waals surface area contributed by atoms with Crippen LogP contribution in [0.3, 0.4) is 0 Å². The van der Waals surface area contributed by atoms with E-state index in [2.05, 4.69) is 15.6 Å². The molecule has 218 valence electrons. The van der Waals surface area contributed by atoms with E-state index in [9.17, 15) is 24.6 Å². The summed E-state index contributed by atoms with van der Waals surface area (Å²) in [5.41, 5.74) is 2.37. The summed E-state index contributed by atoms with van der Waals surface area (Å²) in [6.45, 7) is 1.67. The smallest absolute Gasteiger partial charge is 0.244 e. The average Bonchev–Trinajstić information content (AvgIpc) is 3.57. The Morgan fingerprint density at radius 2 is 1.79 bits per heavy atom. The number of rotatable bonds is 10. The first-order chi connectivity index (χ1) is 20.3. The molecule has 0 spiro atoms. The number of benzene rings is 2. The Kier molecular flexibility index (Phi) is 8.61. The van der Waals surface area contributed by atoms with Gasteiger partial charge in [0.05, 0.1) is 18.0 Å². The van der Waals surface area contributed by atoms with Crippen LogP contribution in [-0.2, 0) is 9.59 Å². The van der Waals surface area contributed by atoms with Gasteiger partial charge in [0.2, 0.25) is 24.5 Å². The Balaban J connectivity index is 1.33. The van der Waals surface area contributed by atoms with Crippen molar-refractivity contribution in [1.29, 1.82) is 0 Å². The number of hydrogen-bond donors (Lipinski definition) is 5. The van der Waals surface area contributed by atoms with Crippen molar-refractivity contribution in [2.45, 2.75) is 51.1 Å². The highest BCUT2D eigenvalue weighted by Crippen LogP contribution is 2.33. The Hall–Kier alpha value is -4.99. The first-order valence-corrected chi connectivity index (χ1v) is 13.9. The van der Waals surface area contributed by atoms with E-state index in [1.54, 1.807) is 24.3 Å². The molecule has 5 N–H and O–H groups in total. The lowest BCUT2D eigenvalue weighted by atomic mass is 9.88. The number of fused-ring (bicyclic) bond motifs is 1. The molecule has 5 rings (SSSR count). The Morgan fingerprint density at radius 1 is 1.00 bits per heavy atom. The molecular weight excluding hydrogens is 538 g/mol. The lowest BCUT2D eigenvalue weighted by Gasteiger charge is -2.25. The van der Waals surface area contributed by atoms with Gasteiger partial charge in [-0.2, -0.15) is 0 Å². The van der Waals surface area contributed by atoms with E-state index in [4.69, 9.17) is 9.47 Å². The summed E-state index contributed by atoms with van der Waals surface area (Å²) in [5, 5.41) is 26.1. The maximum absolute atomic E-state index is 13.6. The molecule has 1 unspecified atom stereocenters. The lowest BCUT2D eigenvalue weighted by Crippen LogP contribution is -2.44. The maximum Gasteiger partial charge on any atom is 0.244 e. The van der Waals surface area contributed by atoms with E-state index in [0.29, 0.717) is 17.9 Å². The second-order valence-electron chi connectivity index (χ2n) is 10.3. The summed E-state index contributed by atoms with van der Waals surface area (Å²) >= 11 is 0. The van der Waals surface area contributed by atoms with Gasteiger partial charge in [-0.1, -0.05) is 42.5 Å². The molecule has 1 aliphatic carbocycles. The molecule has 2 aliphatic rings. The second kappa shape index (κ2) is 12.7. The molecule has 10 nitrogen and oxygen atoms in total. The van der Waals surface area contributed by atoms with E-state index in [1.807, 2.05) is 36.4 Å². The number of carbonyl (C=O) groups excluding carboxylic acids is 3. The number of allylic oxidation sites excluding steroid dienone is 1. The predicted molar refractivity (Wildman–Crippen MR) is 155 cm³/mol. The minimum absolute atomic E-state index is 0.0640. The van der Waals surface area contributed by atoms with Crippen LogP contribution in [0.25, 0.3) is 6.08 Å². The average molecular weight is 572 g/mol. The quantitative estimate of drug-likeness (QED) is 0.136. The minimum Gasteiger partial charge on any atom is -0.494 e. The van der Waals surface area contributed by atoms with Crippen LogP contribution >= 0.6 is 0 Å². The Labute approximate surface area is 243 Å². The van der Waals surface area contributed by atoms with Crippen LogP contribution in [0.5, 0.6) is 23.3 Å². The maximum atomic E-state index is 13.6. The third-order valence-electron chi connectivity index (χ3n) is 7.45. The van der Waals surface area contributed by atoms with Crippen LogP contribution in [-0.4, -0.2) is 45.6 Å². The van der Waals surface area contributed by atoms with Crippen molar-refractivity contribution in [3.8, 4) is 23.3 Å². The number of amides is 2. The number of hydrogen-bond acceptors (Lipinski definition) is 7. The molecule has 0 saturated carbocycles. The summed E-state index contributed by atoms with van der Waals surface area (Å²) in [7, 11) is 0. The van der Waals surface area contributed by atoms with Gasteiger partial charge < -0.3 is 30.3 Å². The summed E-state index contributed by atoms with van der Waals surface area (Å²) in [6.07, 6.45) is 8.09. The molecule has 2 heterocycles. The van der Waals surface area contributed by atoms with Gasteiger partial charge >= 0.3 is 0 Å². The standard InChI is InChI=1S/C32H33N3O7/c1-19-28(32(40)35-31(19)39)30(38)29(22-10-6-3-7-11-22)34-27(37)17-23(21-8-4-2-5-9-21)33-26(36)15-13-20-12-14-24-25(16-20)42-18-41-24/h2,4-5,8-10,12-16,23,29,35,39-40H,3,6-7,11,17-18H2,1H3,(H,33,36)(H,34,37)/t23-,29?/m0/s1. The summed E-state index contributed by atoms with van der Waals surface area (Å²) in [5.74, 6) is -0.882. The third kappa shape index (κ3) is 6.49. The van der Waals surface area contributed by atoms with Crippen LogP contribution < -0.4 is 20.1 Å². The van der Waals surface area contributed by atoms with Crippen molar-refractivity contribution in [3.63, 3.8) is 0 Å². The molecule has 0 bridgehead atoms. The number of aromatic hydroxyl groups is 2. The van der Waals surface area contributed by atoms with Gasteiger partial charge in [0.15, 0.2) is 23.2 Å². The number of ether oxygens (including phenoxy) is 2. The van der Waals surface area contributed by atoms with E-state index in [1.165, 1.54) is 13.0 Å². The van der Waals surface area contributed by atoms with Gasteiger partial charge in [0.1, 0.15) is 6.04 Å². The molecular formula is C32H33N3O7. The van der Waals surface area contributed by atoms with Crippen LogP contribution in [0.15, 0.2) is 66.3 Å². The monoisotopic (exact) mass is 571 g/mol. The zero-order chi connectivity index (χ0) is 29.6. The number of aromatic nitrogens is 1. The summed E-state index contributed by atoms with van der Waals surface area (Å²) in [4.78, 5) is 42.4. The zero-order valence-electron chi connectivity index (χ0n) is 23.2. The van der Waals surface area contributed by atoms with E-state index in [0.717, 1.165) is 36.0 Å². The van der Waals surface area contributed by atoms with Crippen LogP contribution in [0.4, 0.5) is 0 Å². The molecule has 10 heteroatoms. The van der Waals surface area contributed by atoms with Crippen LogP contribution in [0.2, 0.25) is 0 Å². The minimum atomic E-state index is -1.02.